The van der Waals surface area contributed by atoms with Crippen LogP contribution >= 0.6 is 0 Å². The summed E-state index contributed by atoms with van der Waals surface area (Å²) < 4.78 is 5.65. The maximum absolute atomic E-state index is 5.65. The molecule has 2 fully saturated rings. The third-order valence-electron chi connectivity index (χ3n) is 4.07. The highest BCUT2D eigenvalue weighted by atomic mass is 16.5. The molecule has 1 aliphatic carbocycles. The van der Waals surface area contributed by atoms with Crippen LogP contribution in [0.1, 0.15) is 40.0 Å². The molecule has 94 valence electrons. The molecule has 0 radical (unpaired) electrons. The first-order valence-electron chi connectivity index (χ1n) is 6.85. The van der Waals surface area contributed by atoms with Gasteiger partial charge in [0.2, 0.25) is 0 Å². The molecule has 3 heteroatoms. The van der Waals surface area contributed by atoms with Crippen LogP contribution in [-0.2, 0) is 4.74 Å². The predicted octanol–water partition coefficient (Wildman–Crippen LogP) is 1.63. The van der Waals surface area contributed by atoms with Crippen molar-refractivity contribution in [3.63, 3.8) is 0 Å². The second-order valence-electron chi connectivity index (χ2n) is 5.27. The molecule has 0 spiro atoms. The molecule has 0 amide bonds. The van der Waals surface area contributed by atoms with Crippen LogP contribution in [0, 0.1) is 0 Å². The first kappa shape index (κ1) is 12.3. The third-order valence-corrected chi connectivity index (χ3v) is 4.07. The van der Waals surface area contributed by atoms with Crippen molar-refractivity contribution in [3.8, 4) is 0 Å². The Morgan fingerprint density at radius 1 is 1.31 bits per heavy atom. The summed E-state index contributed by atoms with van der Waals surface area (Å²) >= 11 is 0. The van der Waals surface area contributed by atoms with Crippen molar-refractivity contribution >= 4 is 0 Å². The van der Waals surface area contributed by atoms with E-state index >= 15 is 0 Å². The Hall–Kier alpha value is -0.120. The minimum absolute atomic E-state index is 0.540. The van der Waals surface area contributed by atoms with Crippen molar-refractivity contribution < 1.29 is 4.74 Å². The van der Waals surface area contributed by atoms with Gasteiger partial charge in [-0.15, -0.1) is 0 Å². The van der Waals surface area contributed by atoms with Crippen molar-refractivity contribution in [1.82, 2.24) is 10.2 Å². The third kappa shape index (κ3) is 2.58. The van der Waals surface area contributed by atoms with Gasteiger partial charge in [-0.2, -0.15) is 0 Å². The second kappa shape index (κ2) is 5.48. The van der Waals surface area contributed by atoms with Gasteiger partial charge in [0.1, 0.15) is 0 Å². The van der Waals surface area contributed by atoms with Crippen LogP contribution in [0.4, 0.5) is 0 Å². The molecule has 1 N–H and O–H groups in total. The summed E-state index contributed by atoms with van der Waals surface area (Å²) in [6, 6.07) is 2.17. The van der Waals surface area contributed by atoms with Gasteiger partial charge in [0.15, 0.2) is 0 Å². The lowest BCUT2D eigenvalue weighted by atomic mass is 9.85. The number of nitrogens with zero attached hydrogens (tertiary/aromatic N) is 1. The van der Waals surface area contributed by atoms with Crippen molar-refractivity contribution in [2.24, 2.45) is 0 Å². The topological polar surface area (TPSA) is 24.5 Å². The van der Waals surface area contributed by atoms with E-state index in [-0.39, 0.29) is 0 Å². The SMILES string of the molecule is CCOC1CC(N2CC(C)NCC2CC)C1. The van der Waals surface area contributed by atoms with E-state index in [0.717, 1.165) is 25.2 Å². The van der Waals surface area contributed by atoms with E-state index in [2.05, 4.69) is 31.0 Å². The Morgan fingerprint density at radius 2 is 2.06 bits per heavy atom. The molecule has 16 heavy (non-hydrogen) atoms. The standard InChI is InChI=1S/C13H26N2O/c1-4-11-8-14-10(3)9-15(11)12-6-13(7-12)16-5-2/h10-14H,4-9H2,1-3H3. The fraction of sp³-hybridized carbons (Fsp3) is 1.00. The Kier molecular flexibility index (Phi) is 4.22. The molecule has 3 nitrogen and oxygen atoms in total. The molecule has 2 unspecified atom stereocenters. The molecule has 0 aromatic heterocycles. The van der Waals surface area contributed by atoms with Crippen LogP contribution in [0.5, 0.6) is 0 Å². The van der Waals surface area contributed by atoms with Crippen molar-refractivity contribution in [3.05, 3.63) is 0 Å². The normalized spacial score (nSPS) is 40.7. The van der Waals surface area contributed by atoms with Crippen LogP contribution in [0.3, 0.4) is 0 Å². The molecule has 2 aliphatic rings. The number of hydrogen-bond donors (Lipinski definition) is 1. The van der Waals surface area contributed by atoms with Gasteiger partial charge in [0.05, 0.1) is 6.10 Å². The summed E-state index contributed by atoms with van der Waals surface area (Å²) in [7, 11) is 0. The monoisotopic (exact) mass is 226 g/mol. The van der Waals surface area contributed by atoms with Crippen molar-refractivity contribution in [2.75, 3.05) is 19.7 Å². The predicted molar refractivity (Wildman–Crippen MR) is 66.7 cm³/mol. The lowest BCUT2D eigenvalue weighted by Gasteiger charge is -2.49. The zero-order valence-electron chi connectivity index (χ0n) is 10.9. The number of rotatable bonds is 4. The van der Waals surface area contributed by atoms with Gasteiger partial charge in [-0.1, -0.05) is 6.92 Å². The molecular formula is C13H26N2O. The maximum atomic E-state index is 5.65. The van der Waals surface area contributed by atoms with Crippen molar-refractivity contribution in [2.45, 2.75) is 64.3 Å². The van der Waals surface area contributed by atoms with E-state index < -0.39 is 0 Å². The fourth-order valence-corrected chi connectivity index (χ4v) is 2.99. The summed E-state index contributed by atoms with van der Waals surface area (Å²) in [6.45, 7) is 9.92. The molecule has 1 heterocycles. The molecular weight excluding hydrogens is 200 g/mol. The van der Waals surface area contributed by atoms with E-state index in [1.165, 1.54) is 25.8 Å². The van der Waals surface area contributed by atoms with Crippen LogP contribution in [0.2, 0.25) is 0 Å². The molecule has 1 saturated heterocycles. The minimum atomic E-state index is 0.540. The summed E-state index contributed by atoms with van der Waals surface area (Å²) in [5.74, 6) is 0. The largest absolute Gasteiger partial charge is 0.378 e. The average molecular weight is 226 g/mol. The van der Waals surface area contributed by atoms with Crippen LogP contribution < -0.4 is 5.32 Å². The molecule has 0 aromatic carbocycles. The Balaban J connectivity index is 1.83. The molecule has 0 bridgehead atoms. The Morgan fingerprint density at radius 3 is 2.69 bits per heavy atom. The van der Waals surface area contributed by atoms with Crippen LogP contribution in [-0.4, -0.2) is 48.8 Å². The molecule has 0 aromatic rings. The van der Waals surface area contributed by atoms with Gasteiger partial charge in [0.25, 0.3) is 0 Å². The zero-order chi connectivity index (χ0) is 11.5. The number of hydrogen-bond acceptors (Lipinski definition) is 3. The van der Waals surface area contributed by atoms with Gasteiger partial charge in [-0.05, 0) is 33.1 Å². The van der Waals surface area contributed by atoms with Crippen molar-refractivity contribution in [1.29, 1.82) is 0 Å². The fourth-order valence-electron chi connectivity index (χ4n) is 2.99. The lowest BCUT2D eigenvalue weighted by molar-refractivity contribution is -0.0661. The average Bonchev–Trinajstić information content (AvgIpc) is 2.23. The highest BCUT2D eigenvalue weighted by Gasteiger charge is 2.38. The number of piperazine rings is 1. The van der Waals surface area contributed by atoms with E-state index in [0.29, 0.717) is 12.1 Å². The van der Waals surface area contributed by atoms with E-state index in [1.807, 2.05) is 0 Å². The quantitative estimate of drug-likeness (QED) is 0.788. The van der Waals surface area contributed by atoms with Crippen LogP contribution in [0.25, 0.3) is 0 Å². The maximum Gasteiger partial charge on any atom is 0.0604 e. The van der Waals surface area contributed by atoms with E-state index in [1.54, 1.807) is 0 Å². The highest BCUT2D eigenvalue weighted by Crippen LogP contribution is 2.31. The molecule has 2 atom stereocenters. The molecule has 2 rings (SSSR count). The first-order valence-corrected chi connectivity index (χ1v) is 6.85. The van der Waals surface area contributed by atoms with E-state index in [9.17, 15) is 0 Å². The van der Waals surface area contributed by atoms with Gasteiger partial charge >= 0.3 is 0 Å². The Bertz CT molecular complexity index is 216. The molecule has 1 saturated carbocycles. The summed E-state index contributed by atoms with van der Waals surface area (Å²) in [5, 5.41) is 3.58. The van der Waals surface area contributed by atoms with Crippen LogP contribution in [0.15, 0.2) is 0 Å². The summed E-state index contributed by atoms with van der Waals surface area (Å²) in [6.07, 6.45) is 4.29. The second-order valence-corrected chi connectivity index (χ2v) is 5.27. The first-order chi connectivity index (χ1) is 7.74. The van der Waals surface area contributed by atoms with E-state index in [4.69, 9.17) is 4.74 Å². The summed E-state index contributed by atoms with van der Waals surface area (Å²) in [5.41, 5.74) is 0. The lowest BCUT2D eigenvalue weighted by Crippen LogP contribution is -2.61. The van der Waals surface area contributed by atoms with Gasteiger partial charge in [-0.25, -0.2) is 0 Å². The van der Waals surface area contributed by atoms with Gasteiger partial charge in [-0.3, -0.25) is 4.90 Å². The molecule has 1 aliphatic heterocycles. The number of nitrogens with one attached hydrogen (secondary N) is 1. The highest BCUT2D eigenvalue weighted by molar-refractivity contribution is 4.94. The summed E-state index contributed by atoms with van der Waals surface area (Å²) in [4.78, 5) is 2.72. The van der Waals surface area contributed by atoms with Gasteiger partial charge in [0, 0.05) is 37.8 Å². The zero-order valence-corrected chi connectivity index (χ0v) is 10.9. The Labute approximate surface area is 99.5 Å². The smallest absolute Gasteiger partial charge is 0.0604 e. The minimum Gasteiger partial charge on any atom is -0.378 e. The number of ether oxygens (including phenoxy) is 1. The van der Waals surface area contributed by atoms with Gasteiger partial charge < -0.3 is 10.1 Å².